The van der Waals surface area contributed by atoms with Crippen molar-refractivity contribution in [3.63, 3.8) is 0 Å². The molecule has 0 radical (unpaired) electrons. The van der Waals surface area contributed by atoms with E-state index in [-0.39, 0.29) is 6.04 Å². The first-order chi connectivity index (χ1) is 5.12. The highest BCUT2D eigenvalue weighted by Crippen LogP contribution is 2.33. The molecule has 64 valence electrons. The summed E-state index contributed by atoms with van der Waals surface area (Å²) in [4.78, 5) is 0. The monoisotopic (exact) mass is 159 g/mol. The van der Waals surface area contributed by atoms with Gasteiger partial charge in [0.05, 0.1) is 6.10 Å². The van der Waals surface area contributed by atoms with Gasteiger partial charge in [0.2, 0.25) is 0 Å². The summed E-state index contributed by atoms with van der Waals surface area (Å²) in [6.07, 6.45) is 0.124. The van der Waals surface area contributed by atoms with Crippen molar-refractivity contribution in [1.29, 1.82) is 0 Å². The van der Waals surface area contributed by atoms with Crippen LogP contribution >= 0.6 is 0 Å². The van der Waals surface area contributed by atoms with Gasteiger partial charge in [-0.15, -0.1) is 0 Å². The quantitative estimate of drug-likeness (QED) is 0.349. The van der Waals surface area contributed by atoms with E-state index in [1.54, 1.807) is 0 Å². The van der Waals surface area contributed by atoms with Crippen LogP contribution < -0.4 is 5.32 Å². The Labute approximate surface area is 64.8 Å². The molecule has 2 bridgehead atoms. The van der Waals surface area contributed by atoms with E-state index in [9.17, 15) is 15.3 Å². The summed E-state index contributed by atoms with van der Waals surface area (Å²) in [5, 5.41) is 31.2. The molecule has 0 spiro atoms. The second kappa shape index (κ2) is 2.17. The molecule has 4 atom stereocenters. The molecular weight excluding hydrogens is 146 g/mol. The third-order valence-electron chi connectivity index (χ3n) is 2.71. The average Bonchev–Trinajstić information content (AvgIpc) is 2.27. The molecule has 0 aromatic rings. The zero-order valence-electron chi connectivity index (χ0n) is 6.20. The summed E-state index contributed by atoms with van der Waals surface area (Å²) < 4.78 is 0. The standard InChI is InChI=1S/C7H13NO3/c9-5-3-4-1-2-7(11,8-4)6(5)10/h4-6,8-11H,1-3H2/t4-,5-,6-,7-/m1/s1. The van der Waals surface area contributed by atoms with Gasteiger partial charge in [0.15, 0.2) is 0 Å². The Hall–Kier alpha value is -0.160. The van der Waals surface area contributed by atoms with E-state index in [1.165, 1.54) is 0 Å². The minimum Gasteiger partial charge on any atom is -0.390 e. The lowest BCUT2D eigenvalue weighted by Crippen LogP contribution is -2.61. The Bertz CT molecular complexity index is 175. The van der Waals surface area contributed by atoms with E-state index in [4.69, 9.17) is 0 Å². The summed E-state index contributed by atoms with van der Waals surface area (Å²) in [5.41, 5.74) is -1.22. The van der Waals surface area contributed by atoms with E-state index in [2.05, 4.69) is 5.32 Å². The van der Waals surface area contributed by atoms with Crippen LogP contribution in [0.1, 0.15) is 19.3 Å². The number of nitrogens with one attached hydrogen (secondary N) is 1. The summed E-state index contributed by atoms with van der Waals surface area (Å²) >= 11 is 0. The number of aliphatic hydroxyl groups excluding tert-OH is 2. The molecule has 2 rings (SSSR count). The number of hydrogen-bond acceptors (Lipinski definition) is 4. The van der Waals surface area contributed by atoms with Crippen LogP contribution in [0.3, 0.4) is 0 Å². The van der Waals surface area contributed by atoms with Crippen LogP contribution in [0, 0.1) is 0 Å². The van der Waals surface area contributed by atoms with Gasteiger partial charge in [-0.05, 0) is 19.3 Å². The highest BCUT2D eigenvalue weighted by molar-refractivity contribution is 5.02. The summed E-state index contributed by atoms with van der Waals surface area (Å²) in [7, 11) is 0. The number of hydrogen-bond donors (Lipinski definition) is 4. The Balaban J connectivity index is 2.21. The Morgan fingerprint density at radius 1 is 1.36 bits per heavy atom. The average molecular weight is 159 g/mol. The molecule has 4 N–H and O–H groups in total. The number of rotatable bonds is 0. The van der Waals surface area contributed by atoms with Crippen LogP contribution in [0.15, 0.2) is 0 Å². The van der Waals surface area contributed by atoms with Gasteiger partial charge < -0.3 is 15.3 Å². The summed E-state index contributed by atoms with van der Waals surface area (Å²) in [5.74, 6) is 0. The van der Waals surface area contributed by atoms with Gasteiger partial charge in [-0.1, -0.05) is 0 Å². The lowest BCUT2D eigenvalue weighted by molar-refractivity contribution is -0.153. The highest BCUT2D eigenvalue weighted by Gasteiger charge is 2.50. The number of piperidine rings is 1. The van der Waals surface area contributed by atoms with Crippen molar-refractivity contribution < 1.29 is 15.3 Å². The van der Waals surface area contributed by atoms with Crippen molar-refractivity contribution in [2.24, 2.45) is 0 Å². The maximum absolute atomic E-state index is 9.64. The van der Waals surface area contributed by atoms with Crippen molar-refractivity contribution in [1.82, 2.24) is 5.32 Å². The lowest BCUT2D eigenvalue weighted by Gasteiger charge is -2.37. The predicted octanol–water partition coefficient (Wildman–Crippen LogP) is -1.45. The van der Waals surface area contributed by atoms with Gasteiger partial charge in [-0.25, -0.2) is 0 Å². The topological polar surface area (TPSA) is 72.7 Å². The fourth-order valence-electron chi connectivity index (χ4n) is 2.04. The van der Waals surface area contributed by atoms with Crippen molar-refractivity contribution in [2.75, 3.05) is 0 Å². The smallest absolute Gasteiger partial charge is 0.144 e. The van der Waals surface area contributed by atoms with Gasteiger partial charge >= 0.3 is 0 Å². The summed E-state index contributed by atoms with van der Waals surface area (Å²) in [6, 6.07) is 0.179. The minimum absolute atomic E-state index is 0.179. The molecule has 0 aromatic heterocycles. The van der Waals surface area contributed by atoms with E-state index in [0.29, 0.717) is 12.8 Å². The van der Waals surface area contributed by atoms with Gasteiger partial charge in [0, 0.05) is 6.04 Å². The molecule has 11 heavy (non-hydrogen) atoms. The van der Waals surface area contributed by atoms with Gasteiger partial charge in [-0.3, -0.25) is 5.32 Å². The first-order valence-corrected chi connectivity index (χ1v) is 3.98. The van der Waals surface area contributed by atoms with Crippen molar-refractivity contribution in [3.8, 4) is 0 Å². The molecular formula is C7H13NO3. The largest absolute Gasteiger partial charge is 0.390 e. The molecule has 2 saturated heterocycles. The normalized spacial score (nSPS) is 56.5. The maximum Gasteiger partial charge on any atom is 0.144 e. The molecule has 2 aliphatic rings. The van der Waals surface area contributed by atoms with Crippen LogP contribution in [0.2, 0.25) is 0 Å². The van der Waals surface area contributed by atoms with Crippen LogP contribution in [-0.2, 0) is 0 Å². The molecule has 4 nitrogen and oxygen atoms in total. The second-order valence-corrected chi connectivity index (χ2v) is 3.55. The predicted molar refractivity (Wildman–Crippen MR) is 37.7 cm³/mol. The van der Waals surface area contributed by atoms with E-state index in [1.807, 2.05) is 0 Å². The molecule has 0 unspecified atom stereocenters. The minimum atomic E-state index is -1.22. The fourth-order valence-corrected chi connectivity index (χ4v) is 2.04. The van der Waals surface area contributed by atoms with Crippen LogP contribution in [0.5, 0.6) is 0 Å². The van der Waals surface area contributed by atoms with E-state index >= 15 is 0 Å². The number of aliphatic hydroxyl groups is 3. The van der Waals surface area contributed by atoms with Crippen LogP contribution in [0.25, 0.3) is 0 Å². The SMILES string of the molecule is O[C@@H]1C[C@H]2CC[C@](O)(N2)[C@@H]1O. The highest BCUT2D eigenvalue weighted by atomic mass is 16.4. The zero-order valence-corrected chi connectivity index (χ0v) is 6.20. The van der Waals surface area contributed by atoms with Crippen molar-refractivity contribution in [2.45, 2.75) is 43.2 Å². The Morgan fingerprint density at radius 3 is 2.82 bits per heavy atom. The number of fused-ring (bicyclic) bond motifs is 2. The Morgan fingerprint density at radius 2 is 2.09 bits per heavy atom. The Kier molecular flexibility index (Phi) is 1.47. The van der Waals surface area contributed by atoms with Gasteiger partial charge in [0.25, 0.3) is 0 Å². The van der Waals surface area contributed by atoms with Crippen molar-refractivity contribution >= 4 is 0 Å². The molecule has 0 amide bonds. The van der Waals surface area contributed by atoms with Crippen molar-refractivity contribution in [3.05, 3.63) is 0 Å². The third-order valence-corrected chi connectivity index (χ3v) is 2.71. The maximum atomic E-state index is 9.64. The molecule has 0 aliphatic carbocycles. The molecule has 0 saturated carbocycles. The molecule has 4 heteroatoms. The molecule has 2 fully saturated rings. The summed E-state index contributed by atoms with van der Waals surface area (Å²) in [6.45, 7) is 0. The molecule has 2 aliphatic heterocycles. The van der Waals surface area contributed by atoms with Crippen LogP contribution in [-0.4, -0.2) is 39.3 Å². The van der Waals surface area contributed by atoms with Gasteiger partial charge in [-0.2, -0.15) is 0 Å². The fraction of sp³-hybridized carbons (Fsp3) is 1.00. The van der Waals surface area contributed by atoms with Crippen LogP contribution in [0.4, 0.5) is 0 Å². The third kappa shape index (κ3) is 0.980. The van der Waals surface area contributed by atoms with Gasteiger partial charge in [0.1, 0.15) is 11.8 Å². The first kappa shape index (κ1) is 7.49. The van der Waals surface area contributed by atoms with E-state index in [0.717, 1.165) is 6.42 Å². The van der Waals surface area contributed by atoms with E-state index < -0.39 is 17.9 Å². The first-order valence-electron chi connectivity index (χ1n) is 3.98. The molecule has 2 heterocycles. The second-order valence-electron chi connectivity index (χ2n) is 3.55. The lowest BCUT2D eigenvalue weighted by atomic mass is 9.96. The molecule has 0 aromatic carbocycles. The zero-order chi connectivity index (χ0) is 8.06.